The number of rotatable bonds is 6. The molecular weight excluding hydrogens is 428 g/mol. The van der Waals surface area contributed by atoms with Gasteiger partial charge in [0.1, 0.15) is 6.54 Å². The highest BCUT2D eigenvalue weighted by molar-refractivity contribution is 8.00. The molecule has 0 fully saturated rings. The zero-order chi connectivity index (χ0) is 21.0. The van der Waals surface area contributed by atoms with E-state index in [2.05, 4.69) is 11.1 Å². The zero-order valence-electron chi connectivity index (χ0n) is 16.4. The number of ether oxygens (including phenoxy) is 1. The van der Waals surface area contributed by atoms with Crippen LogP contribution in [0.1, 0.15) is 18.1 Å². The maximum absolute atomic E-state index is 12.5. The van der Waals surface area contributed by atoms with Crippen LogP contribution < -0.4 is 4.80 Å². The van der Waals surface area contributed by atoms with Gasteiger partial charge in [-0.3, -0.25) is 9.59 Å². The van der Waals surface area contributed by atoms with Gasteiger partial charge in [0.25, 0.3) is 5.91 Å². The quantitative estimate of drug-likeness (QED) is 0.403. The first-order chi connectivity index (χ1) is 13.9. The second-order valence-electron chi connectivity index (χ2n) is 6.43. The molecule has 0 saturated heterocycles. The number of aromatic nitrogens is 1. The van der Waals surface area contributed by atoms with Gasteiger partial charge in [0.2, 0.25) is 0 Å². The Morgan fingerprint density at radius 1 is 1.17 bits per heavy atom. The van der Waals surface area contributed by atoms with Gasteiger partial charge in [-0.1, -0.05) is 22.9 Å². The number of esters is 1. The number of aryl methyl sites for hydroxylation is 2. The second-order valence-corrected chi connectivity index (χ2v) is 8.92. The predicted molar refractivity (Wildman–Crippen MR) is 119 cm³/mol. The summed E-state index contributed by atoms with van der Waals surface area (Å²) in [6, 6.07) is 11.4. The van der Waals surface area contributed by atoms with Crippen LogP contribution in [0.3, 0.4) is 0 Å². The third kappa shape index (κ3) is 5.50. The fraction of sp³-hybridized carbons (Fsp3) is 0.286. The van der Waals surface area contributed by atoms with Crippen molar-refractivity contribution in [1.82, 2.24) is 4.57 Å². The van der Waals surface area contributed by atoms with Gasteiger partial charge >= 0.3 is 5.97 Å². The van der Waals surface area contributed by atoms with Crippen molar-refractivity contribution in [2.75, 3.05) is 12.4 Å². The number of amides is 1. The molecule has 0 unspecified atom stereocenters. The van der Waals surface area contributed by atoms with Crippen LogP contribution in [0.4, 0.5) is 0 Å². The molecule has 3 aromatic rings. The van der Waals surface area contributed by atoms with Crippen LogP contribution in [0.5, 0.6) is 0 Å². The molecule has 3 rings (SSSR count). The maximum atomic E-state index is 12.5. The van der Waals surface area contributed by atoms with Crippen LogP contribution in [0.15, 0.2) is 46.3 Å². The maximum Gasteiger partial charge on any atom is 0.326 e. The Hall–Kier alpha value is -2.09. The predicted octanol–water partition coefficient (Wildman–Crippen LogP) is 4.76. The number of benzene rings is 2. The molecule has 1 aromatic heterocycles. The molecule has 1 heterocycles. The molecule has 152 valence electrons. The van der Waals surface area contributed by atoms with Crippen molar-refractivity contribution in [2.45, 2.75) is 32.2 Å². The van der Waals surface area contributed by atoms with Crippen LogP contribution in [0.25, 0.3) is 10.2 Å². The second kappa shape index (κ2) is 9.61. The largest absolute Gasteiger partial charge is 0.465 e. The van der Waals surface area contributed by atoms with Crippen molar-refractivity contribution >= 4 is 56.8 Å². The van der Waals surface area contributed by atoms with Gasteiger partial charge < -0.3 is 9.30 Å². The number of hydrogen-bond acceptors (Lipinski definition) is 5. The lowest BCUT2D eigenvalue weighted by atomic mass is 10.1. The summed E-state index contributed by atoms with van der Waals surface area (Å²) in [5.41, 5.74) is 3.14. The van der Waals surface area contributed by atoms with Crippen LogP contribution in [-0.4, -0.2) is 28.8 Å². The van der Waals surface area contributed by atoms with Crippen molar-refractivity contribution in [3.63, 3.8) is 0 Å². The standard InChI is InChI=1S/C21H21ClN2O3S2/c1-4-27-20(26)11-24-17-9-13(2)14(3)10-18(17)29-21(24)23-19(25)12-28-16-7-5-15(22)6-8-16/h5-10H,4,11-12H2,1-3H3. The number of carbonyl (C=O) groups excluding carboxylic acids is 2. The molecule has 0 saturated carbocycles. The average molecular weight is 449 g/mol. The zero-order valence-corrected chi connectivity index (χ0v) is 18.8. The lowest BCUT2D eigenvalue weighted by Gasteiger charge is -2.06. The summed E-state index contributed by atoms with van der Waals surface area (Å²) >= 11 is 8.69. The third-order valence-electron chi connectivity index (χ3n) is 4.29. The highest BCUT2D eigenvalue weighted by atomic mass is 35.5. The van der Waals surface area contributed by atoms with Crippen LogP contribution in [-0.2, 0) is 20.9 Å². The minimum absolute atomic E-state index is 0.0206. The van der Waals surface area contributed by atoms with E-state index >= 15 is 0 Å². The summed E-state index contributed by atoms with van der Waals surface area (Å²) in [6.45, 7) is 6.15. The SMILES string of the molecule is CCOC(=O)Cn1c(=NC(=O)CSc2ccc(Cl)cc2)sc2cc(C)c(C)cc21. The van der Waals surface area contributed by atoms with E-state index in [1.165, 1.54) is 23.1 Å². The molecule has 0 N–H and O–H groups in total. The van der Waals surface area contributed by atoms with Crippen molar-refractivity contribution in [3.05, 3.63) is 57.3 Å². The summed E-state index contributed by atoms with van der Waals surface area (Å²) in [6.07, 6.45) is 0. The number of halogens is 1. The van der Waals surface area contributed by atoms with Crippen molar-refractivity contribution in [2.24, 2.45) is 4.99 Å². The van der Waals surface area contributed by atoms with Crippen molar-refractivity contribution < 1.29 is 14.3 Å². The van der Waals surface area contributed by atoms with Gasteiger partial charge in [-0.15, -0.1) is 11.8 Å². The lowest BCUT2D eigenvalue weighted by Crippen LogP contribution is -2.23. The number of hydrogen-bond donors (Lipinski definition) is 0. The van der Waals surface area contributed by atoms with Gasteiger partial charge in [-0.25, -0.2) is 0 Å². The molecular formula is C21H21ClN2O3S2. The van der Waals surface area contributed by atoms with E-state index in [9.17, 15) is 9.59 Å². The Balaban J connectivity index is 1.92. The van der Waals surface area contributed by atoms with E-state index in [0.29, 0.717) is 16.4 Å². The Morgan fingerprint density at radius 3 is 2.55 bits per heavy atom. The molecule has 8 heteroatoms. The number of nitrogens with zero attached hydrogens (tertiary/aromatic N) is 2. The minimum atomic E-state index is -0.352. The van der Waals surface area contributed by atoms with Crippen LogP contribution in [0.2, 0.25) is 5.02 Å². The van der Waals surface area contributed by atoms with E-state index in [0.717, 1.165) is 26.2 Å². The molecule has 1 amide bonds. The van der Waals surface area contributed by atoms with E-state index in [4.69, 9.17) is 16.3 Å². The Labute approximate surface area is 182 Å². The van der Waals surface area contributed by atoms with Gasteiger partial charge in [-0.2, -0.15) is 4.99 Å². The normalized spacial score (nSPS) is 11.8. The molecule has 0 aliphatic carbocycles. The summed E-state index contributed by atoms with van der Waals surface area (Å²) in [5.74, 6) is -0.412. The van der Waals surface area contributed by atoms with Gasteiger partial charge in [0.05, 0.1) is 22.6 Å². The molecule has 2 aromatic carbocycles. The summed E-state index contributed by atoms with van der Waals surface area (Å²) in [5, 5.41) is 0.654. The van der Waals surface area contributed by atoms with E-state index in [-0.39, 0.29) is 24.2 Å². The number of carbonyl (C=O) groups is 2. The fourth-order valence-corrected chi connectivity index (χ4v) is 4.65. The molecule has 0 bridgehead atoms. The van der Waals surface area contributed by atoms with Crippen molar-refractivity contribution in [1.29, 1.82) is 0 Å². The first-order valence-corrected chi connectivity index (χ1v) is 11.3. The summed E-state index contributed by atoms with van der Waals surface area (Å²) < 4.78 is 7.84. The van der Waals surface area contributed by atoms with Gasteiger partial charge in [-0.05, 0) is 68.3 Å². The molecule has 0 aliphatic rings. The Bertz CT molecular complexity index is 1120. The molecule has 0 atom stereocenters. The third-order valence-corrected chi connectivity index (χ3v) is 6.58. The Kier molecular flexibility index (Phi) is 7.16. The summed E-state index contributed by atoms with van der Waals surface area (Å²) in [7, 11) is 0. The molecule has 5 nitrogen and oxygen atoms in total. The smallest absolute Gasteiger partial charge is 0.326 e. The molecule has 0 aliphatic heterocycles. The summed E-state index contributed by atoms with van der Waals surface area (Å²) in [4.78, 5) is 30.3. The minimum Gasteiger partial charge on any atom is -0.465 e. The van der Waals surface area contributed by atoms with Crippen molar-refractivity contribution in [3.8, 4) is 0 Å². The highest BCUT2D eigenvalue weighted by Crippen LogP contribution is 2.23. The first kappa shape index (κ1) is 21.6. The van der Waals surface area contributed by atoms with E-state index < -0.39 is 0 Å². The number of thiazole rings is 1. The molecule has 0 radical (unpaired) electrons. The monoisotopic (exact) mass is 448 g/mol. The average Bonchev–Trinajstić information content (AvgIpc) is 2.98. The number of fused-ring (bicyclic) bond motifs is 1. The van der Waals surface area contributed by atoms with Crippen LogP contribution in [0, 0.1) is 13.8 Å². The van der Waals surface area contributed by atoms with E-state index in [1.807, 2.05) is 32.0 Å². The number of thioether (sulfide) groups is 1. The lowest BCUT2D eigenvalue weighted by molar-refractivity contribution is -0.143. The van der Waals surface area contributed by atoms with Gasteiger partial charge in [0.15, 0.2) is 4.80 Å². The van der Waals surface area contributed by atoms with E-state index in [1.54, 1.807) is 23.6 Å². The first-order valence-electron chi connectivity index (χ1n) is 9.09. The molecule has 29 heavy (non-hydrogen) atoms. The van der Waals surface area contributed by atoms with Crippen LogP contribution >= 0.6 is 34.7 Å². The Morgan fingerprint density at radius 2 is 1.86 bits per heavy atom. The van der Waals surface area contributed by atoms with Gasteiger partial charge in [0, 0.05) is 9.92 Å². The topological polar surface area (TPSA) is 60.7 Å². The molecule has 0 spiro atoms. The fourth-order valence-electron chi connectivity index (χ4n) is 2.71. The highest BCUT2D eigenvalue weighted by Gasteiger charge is 2.13.